The fraction of sp³-hybridized carbons (Fsp3) is 0.278. The quantitative estimate of drug-likeness (QED) is 0.777. The molecule has 0 bridgehead atoms. The molecule has 0 aromatic heterocycles. The van der Waals surface area contributed by atoms with E-state index >= 15 is 0 Å². The molecule has 5 nitrogen and oxygen atoms in total. The third-order valence-electron chi connectivity index (χ3n) is 3.96. The Labute approximate surface area is 152 Å². The van der Waals surface area contributed by atoms with Crippen molar-refractivity contribution in [3.05, 3.63) is 65.2 Å². The fourth-order valence-electron chi connectivity index (χ4n) is 2.48. The Morgan fingerprint density at radius 2 is 1.72 bits per heavy atom. The molecule has 7 heteroatoms. The number of nitrogens with one attached hydrogen (secondary N) is 2. The number of hydrogen-bond acceptors (Lipinski definition) is 3. The molecule has 1 aliphatic rings. The lowest BCUT2D eigenvalue weighted by molar-refractivity contribution is -0.121. The van der Waals surface area contributed by atoms with Crippen molar-refractivity contribution in [3.63, 3.8) is 0 Å². The molecule has 3 rings (SSSR count). The van der Waals surface area contributed by atoms with Crippen molar-refractivity contribution >= 4 is 27.5 Å². The maximum absolute atomic E-state index is 12.6. The molecule has 1 fully saturated rings. The smallest absolute Gasteiger partial charge is 0.241 e. The van der Waals surface area contributed by atoms with E-state index in [1.165, 1.54) is 12.1 Å². The summed E-state index contributed by atoms with van der Waals surface area (Å²) in [5, 5.41) is 3.44. The van der Waals surface area contributed by atoms with Crippen LogP contribution in [0, 0.1) is 0 Å². The molecule has 0 spiro atoms. The first-order valence-electron chi connectivity index (χ1n) is 8.06. The Bertz CT molecular complexity index is 834. The average molecular weight is 379 g/mol. The molecule has 0 unspecified atom stereocenters. The third kappa shape index (κ3) is 5.04. The third-order valence-corrected chi connectivity index (χ3v) is 5.69. The normalized spacial score (nSPS) is 15.6. The summed E-state index contributed by atoms with van der Waals surface area (Å²) in [7, 11) is -3.74. The first kappa shape index (κ1) is 17.9. The van der Waals surface area contributed by atoms with Gasteiger partial charge in [-0.15, -0.1) is 0 Å². The molecule has 0 saturated heterocycles. The van der Waals surface area contributed by atoms with Crippen molar-refractivity contribution in [2.24, 2.45) is 0 Å². The number of carbonyl (C=O) groups is 1. The Morgan fingerprint density at radius 1 is 1.08 bits per heavy atom. The predicted molar refractivity (Wildman–Crippen MR) is 96.7 cm³/mol. The molecule has 0 radical (unpaired) electrons. The minimum absolute atomic E-state index is 0.0319. The van der Waals surface area contributed by atoms with Crippen LogP contribution in [-0.4, -0.2) is 20.4 Å². The Hall–Kier alpha value is -1.89. The first-order valence-corrected chi connectivity index (χ1v) is 9.92. The number of sulfonamides is 1. The summed E-state index contributed by atoms with van der Waals surface area (Å²) in [5.41, 5.74) is 0.690. The standard InChI is InChI=1S/C18H19ClN2O3S/c19-14-8-6-13(7-9-14)17(12-18(22)20-15-10-11-15)21-25(23,24)16-4-2-1-3-5-16/h1-9,15,17,21H,10-12H2,(H,20,22)/t17-/m1/s1. The van der Waals surface area contributed by atoms with Gasteiger partial charge in [-0.25, -0.2) is 13.1 Å². The molecule has 25 heavy (non-hydrogen) atoms. The maximum atomic E-state index is 12.6. The molecule has 1 amide bonds. The van der Waals surface area contributed by atoms with Gasteiger partial charge in [-0.1, -0.05) is 41.9 Å². The monoisotopic (exact) mass is 378 g/mol. The van der Waals surface area contributed by atoms with E-state index in [2.05, 4.69) is 10.0 Å². The highest BCUT2D eigenvalue weighted by atomic mass is 35.5. The second-order valence-corrected chi connectivity index (χ2v) is 8.23. The Kier molecular flexibility index (Phi) is 5.42. The minimum Gasteiger partial charge on any atom is -0.353 e. The molecular weight excluding hydrogens is 360 g/mol. The number of halogens is 1. The van der Waals surface area contributed by atoms with Crippen LogP contribution in [0.15, 0.2) is 59.5 Å². The van der Waals surface area contributed by atoms with Crippen LogP contribution in [0.5, 0.6) is 0 Å². The van der Waals surface area contributed by atoms with Gasteiger partial charge in [-0.05, 0) is 42.7 Å². The summed E-state index contributed by atoms with van der Waals surface area (Å²) in [4.78, 5) is 12.4. The van der Waals surface area contributed by atoms with Crippen molar-refractivity contribution in [2.45, 2.75) is 36.2 Å². The van der Waals surface area contributed by atoms with Gasteiger partial charge in [0.2, 0.25) is 15.9 Å². The van der Waals surface area contributed by atoms with Crippen LogP contribution in [0.4, 0.5) is 0 Å². The van der Waals surface area contributed by atoms with E-state index in [0.29, 0.717) is 10.6 Å². The zero-order valence-corrected chi connectivity index (χ0v) is 15.1. The molecule has 0 aliphatic heterocycles. The molecular formula is C18H19ClN2O3S. The Morgan fingerprint density at radius 3 is 2.32 bits per heavy atom. The van der Waals surface area contributed by atoms with Crippen molar-refractivity contribution in [2.75, 3.05) is 0 Å². The van der Waals surface area contributed by atoms with Crippen LogP contribution < -0.4 is 10.0 Å². The summed E-state index contributed by atoms with van der Waals surface area (Å²) in [5.74, 6) is -0.168. The first-order chi connectivity index (χ1) is 11.9. The van der Waals surface area contributed by atoms with Crippen LogP contribution in [0.3, 0.4) is 0 Å². The van der Waals surface area contributed by atoms with Crippen molar-refractivity contribution in [3.8, 4) is 0 Å². The average Bonchev–Trinajstić information content (AvgIpc) is 3.39. The zero-order valence-electron chi connectivity index (χ0n) is 13.5. The van der Waals surface area contributed by atoms with Gasteiger partial charge in [-0.2, -0.15) is 0 Å². The lowest BCUT2D eigenvalue weighted by atomic mass is 10.0. The molecule has 2 aromatic rings. The molecule has 1 atom stereocenters. The SMILES string of the molecule is O=C(C[C@@H](NS(=O)(=O)c1ccccc1)c1ccc(Cl)cc1)NC1CC1. The van der Waals surface area contributed by atoms with Gasteiger partial charge in [0.25, 0.3) is 0 Å². The van der Waals surface area contributed by atoms with Gasteiger partial charge in [-0.3, -0.25) is 4.79 Å². The Balaban J connectivity index is 1.82. The van der Waals surface area contributed by atoms with E-state index in [9.17, 15) is 13.2 Å². The topological polar surface area (TPSA) is 75.3 Å². The van der Waals surface area contributed by atoms with Gasteiger partial charge >= 0.3 is 0 Å². The molecule has 2 aromatic carbocycles. The highest BCUT2D eigenvalue weighted by molar-refractivity contribution is 7.89. The fourth-order valence-corrected chi connectivity index (χ4v) is 3.85. The van der Waals surface area contributed by atoms with Crippen molar-refractivity contribution < 1.29 is 13.2 Å². The van der Waals surface area contributed by atoms with E-state index in [4.69, 9.17) is 11.6 Å². The molecule has 1 aliphatic carbocycles. The van der Waals surface area contributed by atoms with E-state index in [1.807, 2.05) is 0 Å². The summed E-state index contributed by atoms with van der Waals surface area (Å²) in [6.07, 6.45) is 1.99. The highest BCUT2D eigenvalue weighted by Gasteiger charge is 2.27. The molecule has 0 heterocycles. The van der Waals surface area contributed by atoms with Crippen molar-refractivity contribution in [1.82, 2.24) is 10.0 Å². The van der Waals surface area contributed by atoms with E-state index < -0.39 is 16.1 Å². The van der Waals surface area contributed by atoms with Crippen LogP contribution in [0.1, 0.15) is 30.9 Å². The summed E-state index contributed by atoms with van der Waals surface area (Å²) in [6.45, 7) is 0. The van der Waals surface area contributed by atoms with Gasteiger partial charge in [0, 0.05) is 17.5 Å². The largest absolute Gasteiger partial charge is 0.353 e. The number of benzene rings is 2. The van der Waals surface area contributed by atoms with E-state index in [0.717, 1.165) is 12.8 Å². The summed E-state index contributed by atoms with van der Waals surface area (Å²) in [6, 6.07) is 14.5. The van der Waals surface area contributed by atoms with Crippen LogP contribution >= 0.6 is 11.6 Å². The number of carbonyl (C=O) groups excluding carboxylic acids is 1. The van der Waals surface area contributed by atoms with Crippen LogP contribution in [-0.2, 0) is 14.8 Å². The highest BCUT2D eigenvalue weighted by Crippen LogP contribution is 2.24. The van der Waals surface area contributed by atoms with Gasteiger partial charge < -0.3 is 5.32 Å². The minimum atomic E-state index is -3.74. The summed E-state index contributed by atoms with van der Waals surface area (Å²) < 4.78 is 27.9. The van der Waals surface area contributed by atoms with Crippen LogP contribution in [0.2, 0.25) is 5.02 Å². The maximum Gasteiger partial charge on any atom is 0.241 e. The number of hydrogen-bond donors (Lipinski definition) is 2. The lowest BCUT2D eigenvalue weighted by Crippen LogP contribution is -2.34. The van der Waals surface area contributed by atoms with E-state index in [-0.39, 0.29) is 23.3 Å². The molecule has 2 N–H and O–H groups in total. The second kappa shape index (κ2) is 7.56. The molecule has 132 valence electrons. The number of rotatable bonds is 7. The van der Waals surface area contributed by atoms with Crippen LogP contribution in [0.25, 0.3) is 0 Å². The van der Waals surface area contributed by atoms with Gasteiger partial charge in [0.1, 0.15) is 0 Å². The van der Waals surface area contributed by atoms with E-state index in [1.54, 1.807) is 42.5 Å². The lowest BCUT2D eigenvalue weighted by Gasteiger charge is -2.19. The number of amides is 1. The summed E-state index contributed by atoms with van der Waals surface area (Å²) >= 11 is 5.91. The second-order valence-electron chi connectivity index (χ2n) is 6.08. The van der Waals surface area contributed by atoms with Gasteiger partial charge in [0.15, 0.2) is 0 Å². The molecule has 1 saturated carbocycles. The van der Waals surface area contributed by atoms with Gasteiger partial charge in [0.05, 0.1) is 10.9 Å². The van der Waals surface area contributed by atoms with Crippen molar-refractivity contribution in [1.29, 1.82) is 0 Å². The zero-order chi connectivity index (χ0) is 17.9. The predicted octanol–water partition coefficient (Wildman–Crippen LogP) is 3.03.